The Morgan fingerprint density at radius 3 is 2.65 bits per heavy atom. The minimum atomic E-state index is -3.53. The maximum Gasteiger partial charge on any atom is 0.252 e. The summed E-state index contributed by atoms with van der Waals surface area (Å²) in [6, 6.07) is 5.37. The molecule has 0 radical (unpaired) electrons. The molecule has 0 aliphatic carbocycles. The largest absolute Gasteiger partial charge is 0.379 e. The van der Waals surface area contributed by atoms with Crippen LogP contribution in [-0.2, 0) is 37.3 Å². The molecule has 0 bridgehead atoms. The van der Waals surface area contributed by atoms with E-state index in [1.165, 1.54) is 4.31 Å². The number of hydrogen-bond acceptors (Lipinski definition) is 5. The molecule has 1 atom stereocenters. The fraction of sp³-hybridized carbons (Fsp3) is 0.611. The van der Waals surface area contributed by atoms with Gasteiger partial charge < -0.3 is 14.4 Å². The highest BCUT2D eigenvalue weighted by atomic mass is 32.2. The van der Waals surface area contributed by atoms with Crippen LogP contribution in [0.1, 0.15) is 24.0 Å². The molecule has 2 fully saturated rings. The standard InChI is InChI=1S/C18H24N2O5S/c21-18(16-4-2-10-25-16)19-7-6-15-14(13-19)3-1-5-17(15)26(22,23)20-8-11-24-12-9-20/h1,3,5,16H,2,4,6-13H2/t16-/m1/s1. The molecule has 26 heavy (non-hydrogen) atoms. The number of hydrogen-bond donors (Lipinski definition) is 0. The van der Waals surface area contributed by atoms with E-state index in [0.717, 1.165) is 24.0 Å². The van der Waals surface area contributed by atoms with Crippen LogP contribution in [0.15, 0.2) is 23.1 Å². The molecular formula is C18H24N2O5S. The SMILES string of the molecule is O=C([C@H]1CCCO1)N1CCc2c(cccc2S(=O)(=O)N2CCOCC2)C1. The van der Waals surface area contributed by atoms with Crippen LogP contribution < -0.4 is 0 Å². The molecule has 0 N–H and O–H groups in total. The van der Waals surface area contributed by atoms with E-state index < -0.39 is 10.0 Å². The van der Waals surface area contributed by atoms with Crippen molar-refractivity contribution in [1.29, 1.82) is 0 Å². The molecule has 3 heterocycles. The normalized spacial score (nSPS) is 24.5. The van der Waals surface area contributed by atoms with Gasteiger partial charge in [0.15, 0.2) is 0 Å². The zero-order valence-electron chi connectivity index (χ0n) is 14.7. The zero-order chi connectivity index (χ0) is 18.1. The number of ether oxygens (including phenoxy) is 2. The second-order valence-electron chi connectivity index (χ2n) is 6.92. The number of nitrogens with zero attached hydrogens (tertiary/aromatic N) is 2. The quantitative estimate of drug-likeness (QED) is 0.774. The predicted octanol–water partition coefficient (Wildman–Crippen LogP) is 0.771. The lowest BCUT2D eigenvalue weighted by molar-refractivity contribution is -0.141. The van der Waals surface area contributed by atoms with Gasteiger partial charge in [-0.15, -0.1) is 0 Å². The van der Waals surface area contributed by atoms with Crippen molar-refractivity contribution in [3.63, 3.8) is 0 Å². The Labute approximate surface area is 153 Å². The number of morpholine rings is 1. The van der Waals surface area contributed by atoms with Gasteiger partial charge in [0.05, 0.1) is 18.1 Å². The second-order valence-corrected chi connectivity index (χ2v) is 8.83. The molecular weight excluding hydrogens is 356 g/mol. The fourth-order valence-electron chi connectivity index (χ4n) is 3.91. The van der Waals surface area contributed by atoms with Crippen molar-refractivity contribution in [2.24, 2.45) is 0 Å². The van der Waals surface area contributed by atoms with Gasteiger partial charge in [0.2, 0.25) is 10.0 Å². The molecule has 1 aromatic rings. The smallest absolute Gasteiger partial charge is 0.252 e. The van der Waals surface area contributed by atoms with E-state index >= 15 is 0 Å². The van der Waals surface area contributed by atoms with E-state index in [4.69, 9.17) is 9.47 Å². The summed E-state index contributed by atoms with van der Waals surface area (Å²) >= 11 is 0. The maximum atomic E-state index is 13.1. The molecule has 8 heteroatoms. The van der Waals surface area contributed by atoms with Crippen LogP contribution in [-0.4, -0.2) is 69.1 Å². The Bertz CT molecular complexity index is 783. The highest BCUT2D eigenvalue weighted by Gasteiger charge is 2.34. The average molecular weight is 380 g/mol. The number of fused-ring (bicyclic) bond motifs is 1. The number of sulfonamides is 1. The minimum Gasteiger partial charge on any atom is -0.379 e. The zero-order valence-corrected chi connectivity index (χ0v) is 15.5. The Morgan fingerprint density at radius 2 is 1.92 bits per heavy atom. The summed E-state index contributed by atoms with van der Waals surface area (Å²) in [5.74, 6) is 0.0228. The van der Waals surface area contributed by atoms with Gasteiger partial charge in [0.25, 0.3) is 5.91 Å². The molecule has 1 aromatic carbocycles. The van der Waals surface area contributed by atoms with Crippen molar-refractivity contribution in [3.05, 3.63) is 29.3 Å². The van der Waals surface area contributed by atoms with Crippen LogP contribution in [0.25, 0.3) is 0 Å². The molecule has 2 saturated heterocycles. The molecule has 3 aliphatic heterocycles. The van der Waals surface area contributed by atoms with Crippen LogP contribution in [0.3, 0.4) is 0 Å². The third kappa shape index (κ3) is 3.26. The first-order valence-corrected chi connectivity index (χ1v) is 10.6. The summed E-state index contributed by atoms with van der Waals surface area (Å²) in [6.07, 6.45) is 1.90. The molecule has 0 spiro atoms. The van der Waals surface area contributed by atoms with Gasteiger partial charge in [0, 0.05) is 32.8 Å². The second kappa shape index (κ2) is 7.26. The van der Waals surface area contributed by atoms with Gasteiger partial charge in [-0.05, 0) is 36.5 Å². The van der Waals surface area contributed by atoms with Crippen LogP contribution in [0.2, 0.25) is 0 Å². The first kappa shape index (κ1) is 17.9. The Hall–Kier alpha value is -1.48. The third-order valence-electron chi connectivity index (χ3n) is 5.33. The number of rotatable bonds is 3. The Kier molecular flexibility index (Phi) is 5.00. The molecule has 4 rings (SSSR count). The van der Waals surface area contributed by atoms with Crippen LogP contribution in [0, 0.1) is 0 Å². The Balaban J connectivity index is 1.58. The summed E-state index contributed by atoms with van der Waals surface area (Å²) in [5, 5.41) is 0. The van der Waals surface area contributed by atoms with Crippen molar-refractivity contribution in [2.45, 2.75) is 36.8 Å². The Morgan fingerprint density at radius 1 is 1.12 bits per heavy atom. The van der Waals surface area contributed by atoms with Crippen LogP contribution in [0.5, 0.6) is 0 Å². The fourth-order valence-corrected chi connectivity index (χ4v) is 5.61. The van der Waals surface area contributed by atoms with Gasteiger partial charge in [-0.1, -0.05) is 12.1 Å². The number of benzene rings is 1. The van der Waals surface area contributed by atoms with Crippen molar-refractivity contribution < 1.29 is 22.7 Å². The van der Waals surface area contributed by atoms with E-state index in [2.05, 4.69) is 0 Å². The monoisotopic (exact) mass is 380 g/mol. The molecule has 7 nitrogen and oxygen atoms in total. The summed E-state index contributed by atoms with van der Waals surface area (Å²) in [6.45, 7) is 3.24. The molecule has 0 saturated carbocycles. The summed E-state index contributed by atoms with van der Waals surface area (Å²) < 4.78 is 38.4. The van der Waals surface area contributed by atoms with Gasteiger partial charge >= 0.3 is 0 Å². The number of amides is 1. The van der Waals surface area contributed by atoms with Crippen LogP contribution in [0.4, 0.5) is 0 Å². The summed E-state index contributed by atoms with van der Waals surface area (Å²) in [7, 11) is -3.53. The van der Waals surface area contributed by atoms with Crippen LogP contribution >= 0.6 is 0 Å². The van der Waals surface area contributed by atoms with Crippen molar-refractivity contribution in [3.8, 4) is 0 Å². The lowest BCUT2D eigenvalue weighted by atomic mass is 9.99. The van der Waals surface area contributed by atoms with E-state index in [1.54, 1.807) is 17.0 Å². The van der Waals surface area contributed by atoms with Gasteiger partial charge in [-0.2, -0.15) is 4.31 Å². The van der Waals surface area contributed by atoms with Crippen molar-refractivity contribution in [1.82, 2.24) is 9.21 Å². The first-order chi connectivity index (χ1) is 12.6. The van der Waals surface area contributed by atoms with Gasteiger partial charge in [-0.25, -0.2) is 8.42 Å². The van der Waals surface area contributed by atoms with E-state index in [1.807, 2.05) is 6.07 Å². The number of carbonyl (C=O) groups is 1. The lowest BCUT2D eigenvalue weighted by Crippen LogP contribution is -2.43. The minimum absolute atomic E-state index is 0.0228. The summed E-state index contributed by atoms with van der Waals surface area (Å²) in [4.78, 5) is 14.8. The van der Waals surface area contributed by atoms with E-state index in [0.29, 0.717) is 57.3 Å². The molecule has 1 amide bonds. The maximum absolute atomic E-state index is 13.1. The third-order valence-corrected chi connectivity index (χ3v) is 7.31. The highest BCUT2D eigenvalue weighted by molar-refractivity contribution is 7.89. The van der Waals surface area contributed by atoms with E-state index in [9.17, 15) is 13.2 Å². The topological polar surface area (TPSA) is 76.2 Å². The molecule has 0 unspecified atom stereocenters. The summed E-state index contributed by atoms with van der Waals surface area (Å²) in [5.41, 5.74) is 1.76. The lowest BCUT2D eigenvalue weighted by Gasteiger charge is -2.33. The molecule has 0 aromatic heterocycles. The van der Waals surface area contributed by atoms with E-state index in [-0.39, 0.29) is 12.0 Å². The first-order valence-electron chi connectivity index (χ1n) is 9.16. The van der Waals surface area contributed by atoms with Crippen molar-refractivity contribution in [2.75, 3.05) is 39.5 Å². The van der Waals surface area contributed by atoms with Crippen molar-refractivity contribution >= 4 is 15.9 Å². The van der Waals surface area contributed by atoms with Gasteiger partial charge in [-0.3, -0.25) is 4.79 Å². The molecule has 142 valence electrons. The molecule has 3 aliphatic rings. The van der Waals surface area contributed by atoms with Gasteiger partial charge in [0.1, 0.15) is 6.10 Å². The highest BCUT2D eigenvalue weighted by Crippen LogP contribution is 2.29. The number of carbonyl (C=O) groups excluding carboxylic acids is 1. The predicted molar refractivity (Wildman–Crippen MR) is 94.1 cm³/mol. The average Bonchev–Trinajstić information content (AvgIpc) is 3.22.